The van der Waals surface area contributed by atoms with E-state index < -0.39 is 24.7 Å². The fraction of sp³-hybridized carbons (Fsp3) is 0.889. The molecule has 0 radical (unpaired) electrons. The fourth-order valence-electron chi connectivity index (χ4n) is 1.52. The molecule has 0 bridgehead atoms. The summed E-state index contributed by atoms with van der Waals surface area (Å²) in [6.07, 6.45) is 0.356. The van der Waals surface area contributed by atoms with Crippen LogP contribution in [0.25, 0.3) is 0 Å². The lowest BCUT2D eigenvalue weighted by Gasteiger charge is -2.29. The number of aliphatic hydroxyl groups is 1. The van der Waals surface area contributed by atoms with Crippen molar-refractivity contribution in [1.29, 1.82) is 0 Å². The van der Waals surface area contributed by atoms with Gasteiger partial charge in [0.15, 0.2) is 0 Å². The molecule has 2 atom stereocenters. The van der Waals surface area contributed by atoms with E-state index in [-0.39, 0.29) is 31.6 Å². The molecule has 0 fully saturated rings. The molecular formula is C9H21BClNO5. The van der Waals surface area contributed by atoms with Gasteiger partial charge in [-0.15, -0.1) is 12.4 Å². The van der Waals surface area contributed by atoms with Gasteiger partial charge in [-0.3, -0.25) is 4.79 Å². The number of hydrogen-bond acceptors (Lipinski definition) is 5. The second-order valence-electron chi connectivity index (χ2n) is 4.00. The Kier molecular flexibility index (Phi) is 9.74. The Labute approximate surface area is 107 Å². The van der Waals surface area contributed by atoms with E-state index in [9.17, 15) is 9.90 Å². The summed E-state index contributed by atoms with van der Waals surface area (Å²) in [6, 6.07) is 0. The second kappa shape index (κ2) is 8.71. The van der Waals surface area contributed by atoms with Crippen molar-refractivity contribution in [3.8, 4) is 0 Å². The minimum absolute atomic E-state index is 0. The highest BCUT2D eigenvalue weighted by molar-refractivity contribution is 6.40. The van der Waals surface area contributed by atoms with E-state index in [0.717, 1.165) is 0 Å². The van der Waals surface area contributed by atoms with Crippen LogP contribution in [0.4, 0.5) is 0 Å². The summed E-state index contributed by atoms with van der Waals surface area (Å²) in [4.78, 5) is 11.0. The third kappa shape index (κ3) is 6.23. The van der Waals surface area contributed by atoms with Gasteiger partial charge < -0.3 is 26.0 Å². The van der Waals surface area contributed by atoms with Crippen LogP contribution in [0.1, 0.15) is 32.6 Å². The number of rotatable bonds is 8. The van der Waals surface area contributed by atoms with Gasteiger partial charge in [0.2, 0.25) is 0 Å². The van der Waals surface area contributed by atoms with Gasteiger partial charge in [-0.2, -0.15) is 0 Å². The molecule has 0 aromatic heterocycles. The van der Waals surface area contributed by atoms with Gasteiger partial charge in [0.1, 0.15) is 5.54 Å². The quantitative estimate of drug-likeness (QED) is 0.302. The summed E-state index contributed by atoms with van der Waals surface area (Å²) in [6.45, 7) is 1.66. The van der Waals surface area contributed by atoms with Gasteiger partial charge in [-0.05, 0) is 19.2 Å². The third-order valence-electron chi connectivity index (χ3n) is 2.68. The SMILES string of the molecule is CCC(O)C(N)(CCCCB(O)O)C(=O)O.Cl. The fourth-order valence-corrected chi connectivity index (χ4v) is 1.52. The van der Waals surface area contributed by atoms with Crippen LogP contribution in [0.5, 0.6) is 0 Å². The van der Waals surface area contributed by atoms with Crippen LogP contribution in [0.3, 0.4) is 0 Å². The maximum absolute atomic E-state index is 11.0. The molecule has 6 nitrogen and oxygen atoms in total. The zero-order valence-electron chi connectivity index (χ0n) is 9.87. The highest BCUT2D eigenvalue weighted by Crippen LogP contribution is 2.19. The molecule has 0 saturated heterocycles. The van der Waals surface area contributed by atoms with Crippen molar-refractivity contribution in [3.63, 3.8) is 0 Å². The largest absolute Gasteiger partial charge is 0.480 e. The monoisotopic (exact) mass is 269 g/mol. The van der Waals surface area contributed by atoms with Gasteiger partial charge in [0.05, 0.1) is 6.10 Å². The number of halogens is 1. The van der Waals surface area contributed by atoms with Crippen LogP contribution in [0, 0.1) is 0 Å². The van der Waals surface area contributed by atoms with Crippen LogP contribution in [-0.4, -0.2) is 45.0 Å². The zero-order chi connectivity index (χ0) is 12.8. The Bertz CT molecular complexity index is 231. The number of aliphatic hydroxyl groups excluding tert-OH is 1. The molecule has 0 amide bonds. The standard InChI is InChI=1S/C9H20BNO5.ClH/c1-2-7(12)9(11,8(13)14)5-3-4-6-10(15)16;/h7,12,15-16H,2-6,11H2,1H3,(H,13,14);1H. The van der Waals surface area contributed by atoms with Crippen LogP contribution in [-0.2, 0) is 4.79 Å². The number of unbranched alkanes of at least 4 members (excludes halogenated alkanes) is 1. The summed E-state index contributed by atoms with van der Waals surface area (Å²) in [5, 5.41) is 35.7. The Balaban J connectivity index is 0. The molecule has 0 aliphatic rings. The van der Waals surface area contributed by atoms with Crippen molar-refractivity contribution in [3.05, 3.63) is 0 Å². The average molecular weight is 270 g/mol. The highest BCUT2D eigenvalue weighted by Gasteiger charge is 2.39. The number of aliphatic carboxylic acids is 1. The van der Waals surface area contributed by atoms with E-state index in [1.54, 1.807) is 6.92 Å². The first-order chi connectivity index (χ1) is 7.34. The van der Waals surface area contributed by atoms with E-state index in [4.69, 9.17) is 20.9 Å². The van der Waals surface area contributed by atoms with E-state index in [0.29, 0.717) is 12.8 Å². The van der Waals surface area contributed by atoms with Crippen LogP contribution in [0.2, 0.25) is 6.32 Å². The number of carboxylic acid groups (broad SMARTS) is 1. The van der Waals surface area contributed by atoms with Crippen LogP contribution in [0.15, 0.2) is 0 Å². The highest BCUT2D eigenvalue weighted by atomic mass is 35.5. The number of hydrogen-bond donors (Lipinski definition) is 5. The van der Waals surface area contributed by atoms with Gasteiger partial charge in [-0.25, -0.2) is 0 Å². The van der Waals surface area contributed by atoms with E-state index >= 15 is 0 Å². The molecule has 0 aliphatic carbocycles. The molecule has 17 heavy (non-hydrogen) atoms. The molecule has 0 aromatic rings. The first-order valence-corrected chi connectivity index (χ1v) is 5.41. The molecule has 0 spiro atoms. The Morgan fingerprint density at radius 1 is 1.41 bits per heavy atom. The molecule has 0 saturated carbocycles. The molecule has 0 rings (SSSR count). The van der Waals surface area contributed by atoms with Crippen molar-refractivity contribution in [2.45, 2.75) is 50.6 Å². The normalized spacial score (nSPS) is 15.6. The second-order valence-corrected chi connectivity index (χ2v) is 4.00. The predicted molar refractivity (Wildman–Crippen MR) is 66.9 cm³/mol. The van der Waals surface area contributed by atoms with Crippen LogP contribution < -0.4 is 5.73 Å². The number of nitrogens with two attached hydrogens (primary N) is 1. The van der Waals surface area contributed by atoms with Crippen molar-refractivity contribution in [1.82, 2.24) is 0 Å². The lowest BCUT2D eigenvalue weighted by atomic mass is 9.80. The van der Waals surface area contributed by atoms with Crippen molar-refractivity contribution in [2.75, 3.05) is 0 Å². The lowest BCUT2D eigenvalue weighted by molar-refractivity contribution is -0.148. The third-order valence-corrected chi connectivity index (χ3v) is 2.68. The summed E-state index contributed by atoms with van der Waals surface area (Å²) >= 11 is 0. The van der Waals surface area contributed by atoms with Gasteiger partial charge >= 0.3 is 13.1 Å². The van der Waals surface area contributed by atoms with Crippen molar-refractivity contribution < 1.29 is 25.1 Å². The molecule has 6 N–H and O–H groups in total. The molecule has 0 aromatic carbocycles. The smallest absolute Gasteiger partial charge is 0.451 e. The number of carbonyl (C=O) groups is 1. The minimum Gasteiger partial charge on any atom is -0.480 e. The van der Waals surface area contributed by atoms with E-state index in [2.05, 4.69) is 0 Å². The summed E-state index contributed by atoms with van der Waals surface area (Å²) in [7, 11) is -1.38. The number of carboxylic acids is 1. The lowest BCUT2D eigenvalue weighted by Crippen LogP contribution is -2.57. The summed E-state index contributed by atoms with van der Waals surface area (Å²) in [5.74, 6) is -1.23. The summed E-state index contributed by atoms with van der Waals surface area (Å²) < 4.78 is 0. The molecule has 8 heteroatoms. The molecule has 0 heterocycles. The molecule has 0 aliphatic heterocycles. The first-order valence-electron chi connectivity index (χ1n) is 5.41. The molecule has 2 unspecified atom stereocenters. The van der Waals surface area contributed by atoms with Crippen LogP contribution >= 0.6 is 12.4 Å². The zero-order valence-corrected chi connectivity index (χ0v) is 10.7. The minimum atomic E-state index is -1.64. The maximum atomic E-state index is 11.0. The van der Waals surface area contributed by atoms with Crippen molar-refractivity contribution >= 4 is 25.5 Å². The Morgan fingerprint density at radius 3 is 2.29 bits per heavy atom. The average Bonchev–Trinajstić information content (AvgIpc) is 2.22. The van der Waals surface area contributed by atoms with Gasteiger partial charge in [0.25, 0.3) is 0 Å². The van der Waals surface area contributed by atoms with E-state index in [1.807, 2.05) is 0 Å². The Morgan fingerprint density at radius 2 is 1.94 bits per heavy atom. The molecular weight excluding hydrogens is 248 g/mol. The first kappa shape index (κ1) is 19.0. The summed E-state index contributed by atoms with van der Waals surface area (Å²) in [5.41, 5.74) is 3.99. The Hall–Kier alpha value is -0.335. The van der Waals surface area contributed by atoms with Crippen molar-refractivity contribution in [2.24, 2.45) is 5.73 Å². The molecule has 102 valence electrons. The predicted octanol–water partition coefficient (Wildman–Crippen LogP) is -0.396. The van der Waals surface area contributed by atoms with Gasteiger partial charge in [-0.1, -0.05) is 19.8 Å². The topological polar surface area (TPSA) is 124 Å². The van der Waals surface area contributed by atoms with Gasteiger partial charge in [0, 0.05) is 0 Å². The van der Waals surface area contributed by atoms with E-state index in [1.165, 1.54) is 0 Å². The maximum Gasteiger partial charge on any atom is 0.451 e.